The van der Waals surface area contributed by atoms with Crippen LogP contribution in [0.25, 0.3) is 0 Å². The van der Waals surface area contributed by atoms with E-state index in [2.05, 4.69) is 32.9 Å². The summed E-state index contributed by atoms with van der Waals surface area (Å²) in [6, 6.07) is 4.30. The van der Waals surface area contributed by atoms with Crippen LogP contribution in [0.5, 0.6) is 0 Å². The second-order valence-corrected chi connectivity index (χ2v) is 5.27. The molecule has 0 aromatic heterocycles. The molecule has 2 nitrogen and oxygen atoms in total. The van der Waals surface area contributed by atoms with Gasteiger partial charge >= 0.3 is 0 Å². The third-order valence-corrected chi connectivity index (χ3v) is 3.82. The largest absolute Gasteiger partial charge is 0.388 e. The summed E-state index contributed by atoms with van der Waals surface area (Å²) in [4.78, 5) is 0. The third kappa shape index (κ3) is 2.88. The zero-order valence-corrected chi connectivity index (χ0v) is 11.0. The molecule has 2 rings (SSSR count). The second-order valence-electron chi connectivity index (χ2n) is 5.27. The van der Waals surface area contributed by atoms with Gasteiger partial charge in [-0.2, -0.15) is 0 Å². The molecule has 0 aliphatic carbocycles. The van der Waals surface area contributed by atoms with E-state index in [-0.39, 0.29) is 6.10 Å². The molecule has 2 unspecified atom stereocenters. The fourth-order valence-corrected chi connectivity index (χ4v) is 2.55. The van der Waals surface area contributed by atoms with Gasteiger partial charge in [-0.3, -0.25) is 0 Å². The number of rotatable bonds is 3. The van der Waals surface area contributed by atoms with Gasteiger partial charge in [0.2, 0.25) is 0 Å². The van der Waals surface area contributed by atoms with E-state index in [4.69, 9.17) is 4.74 Å². The first-order valence-corrected chi connectivity index (χ1v) is 6.41. The molecule has 0 radical (unpaired) electrons. The van der Waals surface area contributed by atoms with Crippen molar-refractivity contribution in [2.24, 2.45) is 5.92 Å². The standard InChI is InChI=1S/C15H22O2/c1-10-6-12(3)14(7-11(10)2)15(16)8-13-4-5-17-9-13/h6-7,13,15-16H,4-5,8-9H2,1-3H3. The van der Waals surface area contributed by atoms with Gasteiger partial charge in [0.05, 0.1) is 6.10 Å². The summed E-state index contributed by atoms with van der Waals surface area (Å²) in [6.45, 7) is 7.95. The minimum absolute atomic E-state index is 0.346. The van der Waals surface area contributed by atoms with Crippen molar-refractivity contribution in [1.82, 2.24) is 0 Å². The van der Waals surface area contributed by atoms with Gasteiger partial charge in [-0.25, -0.2) is 0 Å². The van der Waals surface area contributed by atoms with Gasteiger partial charge < -0.3 is 9.84 Å². The van der Waals surface area contributed by atoms with E-state index in [0.717, 1.165) is 31.6 Å². The van der Waals surface area contributed by atoms with E-state index in [1.54, 1.807) is 0 Å². The van der Waals surface area contributed by atoms with E-state index in [0.29, 0.717) is 5.92 Å². The summed E-state index contributed by atoms with van der Waals surface area (Å²) in [7, 11) is 0. The maximum absolute atomic E-state index is 10.3. The minimum Gasteiger partial charge on any atom is -0.388 e. The third-order valence-electron chi connectivity index (χ3n) is 3.82. The van der Waals surface area contributed by atoms with Crippen molar-refractivity contribution in [3.8, 4) is 0 Å². The average molecular weight is 234 g/mol. The van der Waals surface area contributed by atoms with E-state index in [1.807, 2.05) is 0 Å². The van der Waals surface area contributed by atoms with Crippen LogP contribution in [0, 0.1) is 26.7 Å². The zero-order valence-electron chi connectivity index (χ0n) is 11.0. The summed E-state index contributed by atoms with van der Waals surface area (Å²) >= 11 is 0. The van der Waals surface area contributed by atoms with Crippen LogP contribution in [0.4, 0.5) is 0 Å². The number of aliphatic hydroxyl groups excluding tert-OH is 1. The highest BCUT2D eigenvalue weighted by molar-refractivity contribution is 5.37. The predicted molar refractivity (Wildman–Crippen MR) is 69.2 cm³/mol. The molecule has 94 valence electrons. The molecule has 1 aromatic rings. The molecule has 1 heterocycles. The Morgan fingerprint density at radius 1 is 1.24 bits per heavy atom. The summed E-state index contributed by atoms with van der Waals surface area (Å²) in [6.07, 6.45) is 1.56. The Bertz CT molecular complexity index is 392. The first kappa shape index (κ1) is 12.6. The molecule has 2 atom stereocenters. The van der Waals surface area contributed by atoms with Crippen LogP contribution >= 0.6 is 0 Å². The van der Waals surface area contributed by atoms with Crippen molar-refractivity contribution in [3.63, 3.8) is 0 Å². The van der Waals surface area contributed by atoms with Crippen molar-refractivity contribution in [3.05, 3.63) is 34.4 Å². The molecule has 0 spiro atoms. The number of benzene rings is 1. The minimum atomic E-state index is -0.346. The van der Waals surface area contributed by atoms with Crippen LogP contribution < -0.4 is 0 Å². The number of hydrogen-bond acceptors (Lipinski definition) is 2. The quantitative estimate of drug-likeness (QED) is 0.871. The SMILES string of the molecule is Cc1cc(C)c(C(O)CC2CCOC2)cc1C. The molecule has 17 heavy (non-hydrogen) atoms. The number of hydrogen-bond donors (Lipinski definition) is 1. The summed E-state index contributed by atoms with van der Waals surface area (Å²) in [5.74, 6) is 0.519. The summed E-state index contributed by atoms with van der Waals surface area (Å²) in [5, 5.41) is 10.3. The topological polar surface area (TPSA) is 29.5 Å². The molecule has 1 fully saturated rings. The zero-order chi connectivity index (χ0) is 12.4. The fourth-order valence-electron chi connectivity index (χ4n) is 2.55. The van der Waals surface area contributed by atoms with Gasteiger partial charge in [0.15, 0.2) is 0 Å². The average Bonchev–Trinajstić information content (AvgIpc) is 2.76. The second kappa shape index (κ2) is 5.19. The number of aryl methyl sites for hydroxylation is 3. The van der Waals surface area contributed by atoms with Gasteiger partial charge in [0.1, 0.15) is 0 Å². The molecule has 1 aliphatic heterocycles. The van der Waals surface area contributed by atoms with Crippen LogP contribution in [0.2, 0.25) is 0 Å². The highest BCUT2D eigenvalue weighted by atomic mass is 16.5. The molecule has 0 saturated carbocycles. The molecular formula is C15H22O2. The van der Waals surface area contributed by atoms with Gasteiger partial charge in [-0.05, 0) is 61.8 Å². The lowest BCUT2D eigenvalue weighted by molar-refractivity contribution is 0.129. The molecule has 0 bridgehead atoms. The first-order valence-electron chi connectivity index (χ1n) is 6.41. The molecule has 1 saturated heterocycles. The Morgan fingerprint density at radius 3 is 2.59 bits per heavy atom. The summed E-state index contributed by atoms with van der Waals surface area (Å²) < 4.78 is 5.36. The lowest BCUT2D eigenvalue weighted by Crippen LogP contribution is -2.09. The maximum Gasteiger partial charge on any atom is 0.0796 e. The Balaban J connectivity index is 2.12. The van der Waals surface area contributed by atoms with Crippen molar-refractivity contribution < 1.29 is 9.84 Å². The Kier molecular flexibility index (Phi) is 3.85. The van der Waals surface area contributed by atoms with Crippen LogP contribution in [-0.4, -0.2) is 18.3 Å². The van der Waals surface area contributed by atoms with Gasteiger partial charge in [-0.15, -0.1) is 0 Å². The van der Waals surface area contributed by atoms with E-state index >= 15 is 0 Å². The van der Waals surface area contributed by atoms with Gasteiger partial charge in [0.25, 0.3) is 0 Å². The molecule has 2 heteroatoms. The van der Waals surface area contributed by atoms with Crippen molar-refractivity contribution in [2.75, 3.05) is 13.2 Å². The van der Waals surface area contributed by atoms with Crippen LogP contribution in [0.1, 0.15) is 41.2 Å². The van der Waals surface area contributed by atoms with Crippen LogP contribution in [-0.2, 0) is 4.74 Å². The van der Waals surface area contributed by atoms with E-state index in [1.165, 1.54) is 16.7 Å². The van der Waals surface area contributed by atoms with Crippen LogP contribution in [0.15, 0.2) is 12.1 Å². The van der Waals surface area contributed by atoms with Crippen molar-refractivity contribution >= 4 is 0 Å². The highest BCUT2D eigenvalue weighted by Crippen LogP contribution is 2.29. The number of ether oxygens (including phenoxy) is 1. The molecule has 1 aliphatic rings. The molecule has 1 aromatic carbocycles. The fraction of sp³-hybridized carbons (Fsp3) is 0.600. The number of aliphatic hydroxyl groups is 1. The van der Waals surface area contributed by atoms with Crippen molar-refractivity contribution in [1.29, 1.82) is 0 Å². The Labute approximate surface area is 104 Å². The van der Waals surface area contributed by atoms with Gasteiger partial charge in [0, 0.05) is 13.2 Å². The normalized spacial score (nSPS) is 21.8. The Hall–Kier alpha value is -0.860. The van der Waals surface area contributed by atoms with E-state index in [9.17, 15) is 5.11 Å². The molecular weight excluding hydrogens is 212 g/mol. The van der Waals surface area contributed by atoms with E-state index < -0.39 is 0 Å². The van der Waals surface area contributed by atoms with Crippen molar-refractivity contribution in [2.45, 2.75) is 39.7 Å². The van der Waals surface area contributed by atoms with Gasteiger partial charge in [-0.1, -0.05) is 12.1 Å². The monoisotopic (exact) mass is 234 g/mol. The Morgan fingerprint density at radius 2 is 1.94 bits per heavy atom. The molecule has 1 N–H and O–H groups in total. The smallest absolute Gasteiger partial charge is 0.0796 e. The lowest BCUT2D eigenvalue weighted by atomic mass is 9.91. The first-order chi connectivity index (χ1) is 8.08. The summed E-state index contributed by atoms with van der Waals surface area (Å²) in [5.41, 5.74) is 4.83. The predicted octanol–water partition coefficient (Wildman–Crippen LogP) is 3.07. The van der Waals surface area contributed by atoms with Crippen LogP contribution in [0.3, 0.4) is 0 Å². The maximum atomic E-state index is 10.3. The lowest BCUT2D eigenvalue weighted by Gasteiger charge is -2.18. The highest BCUT2D eigenvalue weighted by Gasteiger charge is 2.21. The molecule has 0 amide bonds.